The Morgan fingerprint density at radius 3 is 2.88 bits per heavy atom. The van der Waals surface area contributed by atoms with Gasteiger partial charge in [0, 0.05) is 24.8 Å². The van der Waals surface area contributed by atoms with Crippen LogP contribution in [0.25, 0.3) is 0 Å². The molecule has 1 atom stereocenters. The number of aliphatic imine (C=N–C) groups is 1. The molecule has 1 aromatic heterocycles. The summed E-state index contributed by atoms with van der Waals surface area (Å²) in [5.41, 5.74) is 0.806. The highest BCUT2D eigenvalue weighted by atomic mass is 16.2. The fraction of sp³-hybridized carbons (Fsp3) is 0.500. The van der Waals surface area contributed by atoms with E-state index < -0.39 is 6.04 Å². The molecule has 2 heterocycles. The molecule has 6 nitrogen and oxygen atoms in total. The molecule has 2 rings (SSSR count). The highest BCUT2D eigenvalue weighted by Gasteiger charge is 2.28. The monoisotopic (exact) mass is 221 g/mol. The summed E-state index contributed by atoms with van der Waals surface area (Å²) in [5.74, 6) is 0.421. The largest absolute Gasteiger partial charge is 0.354 e. The van der Waals surface area contributed by atoms with Crippen molar-refractivity contribution in [1.82, 2.24) is 20.4 Å². The van der Waals surface area contributed by atoms with Crippen LogP contribution < -0.4 is 10.6 Å². The first kappa shape index (κ1) is 10.7. The fourth-order valence-electron chi connectivity index (χ4n) is 1.56. The van der Waals surface area contributed by atoms with Crippen molar-refractivity contribution in [2.45, 2.75) is 25.9 Å². The number of nitrogens with zero attached hydrogens (tertiary/aromatic N) is 3. The molecular weight excluding hydrogens is 206 g/mol. The van der Waals surface area contributed by atoms with E-state index in [1.807, 2.05) is 20.9 Å². The molecule has 0 aromatic carbocycles. The third-order valence-corrected chi connectivity index (χ3v) is 2.21. The summed E-state index contributed by atoms with van der Waals surface area (Å²) >= 11 is 0. The second-order valence-corrected chi connectivity index (χ2v) is 4.12. The molecule has 1 aromatic rings. The van der Waals surface area contributed by atoms with Crippen molar-refractivity contribution in [1.29, 1.82) is 0 Å². The Labute approximate surface area is 93.7 Å². The van der Waals surface area contributed by atoms with Gasteiger partial charge in [-0.25, -0.2) is 4.99 Å². The van der Waals surface area contributed by atoms with Gasteiger partial charge in [-0.3, -0.25) is 14.8 Å². The van der Waals surface area contributed by atoms with Gasteiger partial charge in [0.1, 0.15) is 0 Å². The molecule has 0 radical (unpaired) electrons. The van der Waals surface area contributed by atoms with Crippen LogP contribution in [0.2, 0.25) is 0 Å². The van der Waals surface area contributed by atoms with E-state index in [0.717, 1.165) is 5.56 Å². The van der Waals surface area contributed by atoms with Crippen LogP contribution in [0, 0.1) is 0 Å². The number of rotatable bonds is 2. The van der Waals surface area contributed by atoms with Crippen LogP contribution in [-0.4, -0.2) is 27.7 Å². The van der Waals surface area contributed by atoms with Crippen LogP contribution in [0.1, 0.15) is 25.5 Å². The average Bonchev–Trinajstić information content (AvgIpc) is 2.72. The highest BCUT2D eigenvalue weighted by molar-refractivity contribution is 6.05. The van der Waals surface area contributed by atoms with Gasteiger partial charge in [0.05, 0.1) is 6.20 Å². The van der Waals surface area contributed by atoms with Gasteiger partial charge in [-0.05, 0) is 13.8 Å². The maximum Gasteiger partial charge on any atom is 0.256 e. The second-order valence-electron chi connectivity index (χ2n) is 4.12. The van der Waals surface area contributed by atoms with Gasteiger partial charge in [0.15, 0.2) is 12.0 Å². The Hall–Kier alpha value is -1.85. The molecule has 0 aliphatic carbocycles. The number of hydrogen-bond donors (Lipinski definition) is 2. The van der Waals surface area contributed by atoms with Crippen LogP contribution in [0.5, 0.6) is 0 Å². The second kappa shape index (κ2) is 3.96. The van der Waals surface area contributed by atoms with Crippen molar-refractivity contribution in [2.75, 3.05) is 0 Å². The highest BCUT2D eigenvalue weighted by Crippen LogP contribution is 2.19. The van der Waals surface area contributed by atoms with Crippen LogP contribution in [-0.2, 0) is 11.8 Å². The van der Waals surface area contributed by atoms with Crippen LogP contribution in [0.4, 0.5) is 0 Å². The Morgan fingerprint density at radius 1 is 1.56 bits per heavy atom. The minimum Gasteiger partial charge on any atom is -0.354 e. The van der Waals surface area contributed by atoms with E-state index in [9.17, 15) is 4.79 Å². The maximum absolute atomic E-state index is 11.7. The molecule has 6 heteroatoms. The van der Waals surface area contributed by atoms with E-state index in [1.165, 1.54) is 0 Å². The van der Waals surface area contributed by atoms with Gasteiger partial charge in [0.25, 0.3) is 5.91 Å². The van der Waals surface area contributed by atoms with Crippen LogP contribution in [0.15, 0.2) is 17.4 Å². The number of guanidine groups is 1. The average molecular weight is 221 g/mol. The molecular formula is C10H15N5O. The molecule has 0 bridgehead atoms. The Morgan fingerprint density at radius 2 is 2.31 bits per heavy atom. The van der Waals surface area contributed by atoms with E-state index in [1.54, 1.807) is 17.1 Å². The number of amides is 1. The molecule has 86 valence electrons. The lowest BCUT2D eigenvalue weighted by molar-refractivity contribution is -0.120. The number of hydrogen-bond acceptors (Lipinski definition) is 4. The summed E-state index contributed by atoms with van der Waals surface area (Å²) in [5, 5.41) is 9.80. The van der Waals surface area contributed by atoms with Gasteiger partial charge in [-0.15, -0.1) is 0 Å². The molecule has 0 spiro atoms. The number of aryl methyl sites for hydroxylation is 1. The van der Waals surface area contributed by atoms with Gasteiger partial charge in [-0.1, -0.05) is 0 Å². The van der Waals surface area contributed by atoms with Gasteiger partial charge in [-0.2, -0.15) is 5.10 Å². The van der Waals surface area contributed by atoms with Crippen molar-refractivity contribution in [3.8, 4) is 0 Å². The van der Waals surface area contributed by atoms with Gasteiger partial charge in [0.2, 0.25) is 0 Å². The quantitative estimate of drug-likeness (QED) is 0.735. The topological polar surface area (TPSA) is 71.3 Å². The van der Waals surface area contributed by atoms with Crippen LogP contribution >= 0.6 is 0 Å². The van der Waals surface area contributed by atoms with E-state index >= 15 is 0 Å². The molecule has 2 N–H and O–H groups in total. The lowest BCUT2D eigenvalue weighted by Crippen LogP contribution is -2.40. The summed E-state index contributed by atoms with van der Waals surface area (Å²) in [6.45, 7) is 3.98. The standard InChI is InChI=1S/C10H15N5O/c1-6(2)12-10-13-8(9(16)14-10)7-4-11-15(3)5-7/h4-6,8H,1-3H3,(H2,12,13,14,16). The Bertz CT molecular complexity index is 434. The van der Waals surface area contributed by atoms with Gasteiger partial charge >= 0.3 is 0 Å². The molecule has 0 saturated heterocycles. The summed E-state index contributed by atoms with van der Waals surface area (Å²) in [7, 11) is 1.81. The molecule has 1 aliphatic heterocycles. The first-order chi connectivity index (χ1) is 7.56. The third-order valence-electron chi connectivity index (χ3n) is 2.21. The molecule has 1 aliphatic rings. The van der Waals surface area contributed by atoms with Crippen molar-refractivity contribution in [2.24, 2.45) is 12.0 Å². The summed E-state index contributed by atoms with van der Waals surface area (Å²) in [4.78, 5) is 16.0. The van der Waals surface area contributed by atoms with Crippen molar-refractivity contribution in [3.63, 3.8) is 0 Å². The van der Waals surface area contributed by atoms with E-state index in [2.05, 4.69) is 20.7 Å². The zero-order valence-electron chi connectivity index (χ0n) is 9.56. The summed E-state index contributed by atoms with van der Waals surface area (Å²) < 4.78 is 1.66. The zero-order valence-corrected chi connectivity index (χ0v) is 9.56. The van der Waals surface area contributed by atoms with Crippen molar-refractivity contribution in [3.05, 3.63) is 18.0 Å². The number of carbonyl (C=O) groups is 1. The normalized spacial score (nSPS) is 19.9. The fourth-order valence-corrected chi connectivity index (χ4v) is 1.56. The first-order valence-corrected chi connectivity index (χ1v) is 5.20. The van der Waals surface area contributed by atoms with Crippen LogP contribution in [0.3, 0.4) is 0 Å². The lowest BCUT2D eigenvalue weighted by atomic mass is 10.2. The Kier molecular flexibility index (Phi) is 2.64. The summed E-state index contributed by atoms with van der Waals surface area (Å²) in [6, 6.07) is -0.235. The molecule has 16 heavy (non-hydrogen) atoms. The summed E-state index contributed by atoms with van der Waals surface area (Å²) in [6.07, 6.45) is 3.46. The van der Waals surface area contributed by atoms with E-state index in [-0.39, 0.29) is 11.9 Å². The molecule has 0 saturated carbocycles. The number of nitrogens with one attached hydrogen (secondary N) is 2. The number of aromatic nitrogens is 2. The number of carbonyl (C=O) groups excluding carboxylic acids is 1. The zero-order chi connectivity index (χ0) is 11.7. The predicted molar refractivity (Wildman–Crippen MR) is 59.8 cm³/mol. The minimum absolute atomic E-state index is 0.115. The molecule has 0 fully saturated rings. The van der Waals surface area contributed by atoms with Crippen molar-refractivity contribution >= 4 is 11.9 Å². The third kappa shape index (κ3) is 2.05. The SMILES string of the molecule is CC(C)NC1=NC(c2cnn(C)c2)C(=O)N1. The smallest absolute Gasteiger partial charge is 0.256 e. The lowest BCUT2D eigenvalue weighted by Gasteiger charge is -2.07. The van der Waals surface area contributed by atoms with E-state index in [0.29, 0.717) is 5.96 Å². The molecule has 1 amide bonds. The first-order valence-electron chi connectivity index (χ1n) is 5.20. The van der Waals surface area contributed by atoms with Gasteiger partial charge < -0.3 is 5.32 Å². The van der Waals surface area contributed by atoms with E-state index in [4.69, 9.17) is 0 Å². The predicted octanol–water partition coefficient (Wildman–Crippen LogP) is -0.0550. The minimum atomic E-state index is -0.477. The van der Waals surface area contributed by atoms with Crippen molar-refractivity contribution < 1.29 is 4.79 Å². The maximum atomic E-state index is 11.7. The Balaban J connectivity index is 2.17. The molecule has 1 unspecified atom stereocenters.